The Hall–Kier alpha value is -0.843. The van der Waals surface area contributed by atoms with Crippen molar-refractivity contribution in [2.75, 3.05) is 0 Å². The molecule has 0 unspecified atom stereocenters. The maximum absolute atomic E-state index is 12.7. The molecule has 0 atom stereocenters. The van der Waals surface area contributed by atoms with Crippen molar-refractivity contribution in [1.29, 1.82) is 0 Å². The Balaban J connectivity index is 4.58. The van der Waals surface area contributed by atoms with E-state index in [1.54, 1.807) is 0 Å². The smallest absolute Gasteiger partial charge is 0.252 e. The van der Waals surface area contributed by atoms with Crippen LogP contribution in [0, 0.1) is 0 Å². The molecule has 0 aromatic heterocycles. The minimum absolute atomic E-state index is 0.00961. The Kier molecular flexibility index (Phi) is 5.88. The Morgan fingerprint density at radius 2 is 1.82 bits per heavy atom. The standard InChI is InChI=1S/C12H24FNO2Si/c1-10(2)15-9-14-11(8-13)16-17(6,7)12(3,4)5/h8-10H,1-7H3/b11-8-,14-9-. The maximum atomic E-state index is 12.7. The van der Waals surface area contributed by atoms with E-state index in [0.717, 1.165) is 0 Å². The molecular weight excluding hydrogens is 237 g/mol. The molecule has 17 heavy (non-hydrogen) atoms. The van der Waals surface area contributed by atoms with Gasteiger partial charge in [0.1, 0.15) is 6.33 Å². The Bertz CT molecular complexity index is 293. The van der Waals surface area contributed by atoms with Gasteiger partial charge in [-0.3, -0.25) is 0 Å². The molecule has 0 aliphatic carbocycles. The zero-order chi connectivity index (χ0) is 13.7. The second-order valence-electron chi connectivity index (χ2n) is 5.73. The van der Waals surface area contributed by atoms with Gasteiger partial charge < -0.3 is 9.16 Å². The van der Waals surface area contributed by atoms with Crippen LogP contribution in [0.25, 0.3) is 0 Å². The topological polar surface area (TPSA) is 30.8 Å². The SMILES string of the molecule is CC(C)O/C=N\C(=C\F)O[Si](C)(C)C(C)(C)C. The monoisotopic (exact) mass is 261 g/mol. The lowest BCUT2D eigenvalue weighted by Gasteiger charge is -2.35. The number of nitrogens with zero attached hydrogens (tertiary/aromatic N) is 1. The molecule has 0 radical (unpaired) electrons. The highest BCUT2D eigenvalue weighted by Gasteiger charge is 2.39. The summed E-state index contributed by atoms with van der Waals surface area (Å²) in [6, 6.07) is 0. The van der Waals surface area contributed by atoms with E-state index >= 15 is 0 Å². The van der Waals surface area contributed by atoms with Gasteiger partial charge in [-0.05, 0) is 32.0 Å². The lowest BCUT2D eigenvalue weighted by Crippen LogP contribution is -2.40. The molecule has 0 aliphatic rings. The molecule has 100 valence electrons. The minimum Gasteiger partial charge on any atom is -0.529 e. The van der Waals surface area contributed by atoms with E-state index in [9.17, 15) is 4.39 Å². The third-order valence-corrected chi connectivity index (χ3v) is 7.10. The number of halogens is 1. The summed E-state index contributed by atoms with van der Waals surface area (Å²) in [6.07, 6.45) is 1.62. The molecule has 0 amide bonds. The quantitative estimate of drug-likeness (QED) is 0.321. The van der Waals surface area contributed by atoms with Crippen molar-refractivity contribution in [3.63, 3.8) is 0 Å². The molecule has 0 saturated heterocycles. The van der Waals surface area contributed by atoms with E-state index in [1.807, 2.05) is 26.9 Å². The number of hydrogen-bond acceptors (Lipinski definition) is 3. The lowest BCUT2D eigenvalue weighted by molar-refractivity contribution is 0.239. The second-order valence-corrected chi connectivity index (χ2v) is 10.5. The zero-order valence-electron chi connectivity index (χ0n) is 11.9. The number of rotatable bonds is 5. The number of ether oxygens (including phenoxy) is 1. The van der Waals surface area contributed by atoms with Gasteiger partial charge in [-0.15, -0.1) is 0 Å². The molecule has 0 bridgehead atoms. The molecule has 3 nitrogen and oxygen atoms in total. The van der Waals surface area contributed by atoms with Crippen molar-refractivity contribution in [1.82, 2.24) is 0 Å². The van der Waals surface area contributed by atoms with Crippen LogP contribution in [0.4, 0.5) is 4.39 Å². The van der Waals surface area contributed by atoms with Crippen LogP contribution < -0.4 is 0 Å². The lowest BCUT2D eigenvalue weighted by atomic mass is 10.2. The largest absolute Gasteiger partial charge is 0.529 e. The Morgan fingerprint density at radius 3 is 2.18 bits per heavy atom. The number of hydrogen-bond donors (Lipinski definition) is 0. The summed E-state index contributed by atoms with van der Waals surface area (Å²) >= 11 is 0. The van der Waals surface area contributed by atoms with Crippen LogP contribution >= 0.6 is 0 Å². The highest BCUT2D eigenvalue weighted by molar-refractivity contribution is 6.74. The van der Waals surface area contributed by atoms with Crippen LogP contribution in [0.5, 0.6) is 0 Å². The summed E-state index contributed by atoms with van der Waals surface area (Å²) in [5.74, 6) is -0.0164. The van der Waals surface area contributed by atoms with E-state index in [0.29, 0.717) is 6.33 Å². The first-order valence-electron chi connectivity index (χ1n) is 5.77. The van der Waals surface area contributed by atoms with E-state index in [-0.39, 0.29) is 17.0 Å². The van der Waals surface area contributed by atoms with Gasteiger partial charge in [-0.25, -0.2) is 4.39 Å². The van der Waals surface area contributed by atoms with Crippen LogP contribution in [-0.4, -0.2) is 20.8 Å². The first-order valence-corrected chi connectivity index (χ1v) is 8.68. The van der Waals surface area contributed by atoms with Gasteiger partial charge in [0.15, 0.2) is 6.40 Å². The van der Waals surface area contributed by atoms with Crippen molar-refractivity contribution >= 4 is 14.7 Å². The van der Waals surface area contributed by atoms with E-state index in [4.69, 9.17) is 9.16 Å². The summed E-state index contributed by atoms with van der Waals surface area (Å²) < 4.78 is 23.5. The van der Waals surface area contributed by atoms with Gasteiger partial charge in [-0.1, -0.05) is 20.8 Å². The fraction of sp³-hybridized carbons (Fsp3) is 0.750. The van der Waals surface area contributed by atoms with E-state index < -0.39 is 8.32 Å². The molecule has 0 N–H and O–H groups in total. The average Bonchev–Trinajstić information content (AvgIpc) is 2.13. The molecule has 0 aromatic carbocycles. The highest BCUT2D eigenvalue weighted by atomic mass is 28.4. The molecule has 0 heterocycles. The van der Waals surface area contributed by atoms with Crippen LogP contribution in [-0.2, 0) is 9.16 Å². The first-order chi connectivity index (χ1) is 7.60. The minimum atomic E-state index is -2.04. The molecule has 0 aromatic rings. The van der Waals surface area contributed by atoms with Crippen molar-refractivity contribution < 1.29 is 13.6 Å². The second kappa shape index (κ2) is 6.19. The van der Waals surface area contributed by atoms with Gasteiger partial charge in [0.25, 0.3) is 8.32 Å². The zero-order valence-corrected chi connectivity index (χ0v) is 12.9. The Morgan fingerprint density at radius 1 is 1.29 bits per heavy atom. The van der Waals surface area contributed by atoms with Gasteiger partial charge in [0.05, 0.1) is 6.10 Å². The van der Waals surface area contributed by atoms with E-state index in [1.165, 1.54) is 6.40 Å². The van der Waals surface area contributed by atoms with Gasteiger partial charge in [-0.2, -0.15) is 4.99 Å². The normalized spacial score (nSPS) is 14.5. The molecule has 0 rings (SSSR count). The number of aliphatic imine (C=N–C) groups is 1. The molecule has 0 fully saturated rings. The molecule has 0 aliphatic heterocycles. The van der Waals surface area contributed by atoms with Crippen LogP contribution in [0.2, 0.25) is 18.1 Å². The summed E-state index contributed by atoms with van der Waals surface area (Å²) in [7, 11) is -2.04. The molecular formula is C12H24FNO2Si. The van der Waals surface area contributed by atoms with Gasteiger partial charge in [0, 0.05) is 0 Å². The predicted molar refractivity (Wildman–Crippen MR) is 72.2 cm³/mol. The maximum Gasteiger partial charge on any atom is 0.252 e. The molecule has 0 saturated carbocycles. The van der Waals surface area contributed by atoms with Crippen molar-refractivity contribution in [2.45, 2.75) is 58.9 Å². The summed E-state index contributed by atoms with van der Waals surface area (Å²) in [6.45, 7) is 14.1. The molecule has 5 heteroatoms. The van der Waals surface area contributed by atoms with E-state index in [2.05, 4.69) is 25.8 Å². The van der Waals surface area contributed by atoms with Crippen LogP contribution in [0.15, 0.2) is 17.2 Å². The van der Waals surface area contributed by atoms with Crippen molar-refractivity contribution in [3.05, 3.63) is 12.2 Å². The van der Waals surface area contributed by atoms with Gasteiger partial charge in [0.2, 0.25) is 5.88 Å². The third-order valence-electron chi connectivity index (χ3n) is 2.77. The fourth-order valence-corrected chi connectivity index (χ4v) is 1.62. The average molecular weight is 261 g/mol. The fourth-order valence-electron chi connectivity index (χ4n) is 0.695. The van der Waals surface area contributed by atoms with Crippen LogP contribution in [0.3, 0.4) is 0 Å². The molecule has 0 spiro atoms. The highest BCUT2D eigenvalue weighted by Crippen LogP contribution is 2.37. The van der Waals surface area contributed by atoms with Gasteiger partial charge >= 0.3 is 0 Å². The third kappa shape index (κ3) is 5.86. The summed E-state index contributed by atoms with van der Waals surface area (Å²) in [5.41, 5.74) is 0. The van der Waals surface area contributed by atoms with Crippen molar-refractivity contribution in [2.24, 2.45) is 4.99 Å². The van der Waals surface area contributed by atoms with Crippen LogP contribution in [0.1, 0.15) is 34.6 Å². The summed E-state index contributed by atoms with van der Waals surface area (Å²) in [5, 5.41) is 0.00961. The first kappa shape index (κ1) is 16.2. The predicted octanol–water partition coefficient (Wildman–Crippen LogP) is 4.23. The Labute approximate surface area is 105 Å². The summed E-state index contributed by atoms with van der Waals surface area (Å²) in [4.78, 5) is 3.83. The van der Waals surface area contributed by atoms with Crippen molar-refractivity contribution in [3.8, 4) is 0 Å².